The van der Waals surface area contributed by atoms with Crippen molar-refractivity contribution in [2.45, 2.75) is 32.1 Å². The van der Waals surface area contributed by atoms with E-state index in [1.54, 1.807) is 24.3 Å². The molecule has 7 heteroatoms. The van der Waals surface area contributed by atoms with Crippen LogP contribution in [0.4, 0.5) is 5.69 Å². The Morgan fingerprint density at radius 1 is 1.08 bits per heavy atom. The van der Waals surface area contributed by atoms with Crippen molar-refractivity contribution in [2.75, 3.05) is 42.8 Å². The molecule has 2 saturated heterocycles. The lowest BCUT2D eigenvalue weighted by molar-refractivity contribution is 0.0952. The van der Waals surface area contributed by atoms with E-state index in [-0.39, 0.29) is 11.7 Å². The summed E-state index contributed by atoms with van der Waals surface area (Å²) in [6, 6.07) is 6.92. The van der Waals surface area contributed by atoms with E-state index in [0.717, 1.165) is 19.4 Å². The highest BCUT2D eigenvalue weighted by molar-refractivity contribution is 7.92. The van der Waals surface area contributed by atoms with Gasteiger partial charge in [-0.15, -0.1) is 0 Å². The van der Waals surface area contributed by atoms with E-state index in [1.165, 1.54) is 30.2 Å². The molecule has 0 unspecified atom stereocenters. The first-order valence-corrected chi connectivity index (χ1v) is 10.8. The molecular weight excluding hydrogens is 338 g/mol. The SMILES string of the molecule is O=C(NCCCN1CCCC1)c1cccc(N2CCCCS2(=O)=O)c1. The maximum absolute atomic E-state index is 12.3. The second kappa shape index (κ2) is 8.19. The highest BCUT2D eigenvalue weighted by Crippen LogP contribution is 2.24. The molecule has 0 atom stereocenters. The molecule has 138 valence electrons. The van der Waals surface area contributed by atoms with E-state index in [4.69, 9.17) is 0 Å². The number of hydrogen-bond donors (Lipinski definition) is 1. The van der Waals surface area contributed by atoms with Crippen molar-refractivity contribution in [1.29, 1.82) is 0 Å². The number of amides is 1. The topological polar surface area (TPSA) is 69.7 Å². The Hall–Kier alpha value is -1.60. The molecule has 2 aliphatic rings. The first-order chi connectivity index (χ1) is 12.1. The molecule has 2 fully saturated rings. The Bertz CT molecular complexity index is 699. The Labute approximate surface area is 150 Å². The molecule has 1 N–H and O–H groups in total. The summed E-state index contributed by atoms with van der Waals surface area (Å²) < 4.78 is 25.9. The van der Waals surface area contributed by atoms with Gasteiger partial charge in [-0.2, -0.15) is 0 Å². The van der Waals surface area contributed by atoms with Gasteiger partial charge in [0.25, 0.3) is 5.91 Å². The number of nitrogens with zero attached hydrogens (tertiary/aromatic N) is 2. The van der Waals surface area contributed by atoms with E-state index in [0.29, 0.717) is 30.8 Å². The van der Waals surface area contributed by atoms with Crippen LogP contribution in [0.3, 0.4) is 0 Å². The Kier molecular flexibility index (Phi) is 5.96. The fourth-order valence-electron chi connectivity index (χ4n) is 3.49. The molecule has 2 heterocycles. The molecule has 0 aliphatic carbocycles. The summed E-state index contributed by atoms with van der Waals surface area (Å²) in [4.78, 5) is 14.8. The summed E-state index contributed by atoms with van der Waals surface area (Å²) in [5.74, 6) is 0.0394. The summed E-state index contributed by atoms with van der Waals surface area (Å²) in [6.07, 6.45) is 5.05. The van der Waals surface area contributed by atoms with Crippen molar-refractivity contribution in [3.05, 3.63) is 29.8 Å². The summed E-state index contributed by atoms with van der Waals surface area (Å²) in [5.41, 5.74) is 1.10. The molecule has 0 spiro atoms. The van der Waals surface area contributed by atoms with Crippen LogP contribution in [0.2, 0.25) is 0 Å². The predicted octanol–water partition coefficient (Wildman–Crippen LogP) is 1.83. The van der Waals surface area contributed by atoms with Gasteiger partial charge < -0.3 is 10.2 Å². The van der Waals surface area contributed by atoms with E-state index in [9.17, 15) is 13.2 Å². The zero-order valence-corrected chi connectivity index (χ0v) is 15.4. The maximum atomic E-state index is 12.3. The van der Waals surface area contributed by atoms with Crippen molar-refractivity contribution in [2.24, 2.45) is 0 Å². The van der Waals surface area contributed by atoms with Gasteiger partial charge in [-0.3, -0.25) is 9.10 Å². The molecule has 3 rings (SSSR count). The minimum absolute atomic E-state index is 0.141. The van der Waals surface area contributed by atoms with Crippen molar-refractivity contribution in [3.8, 4) is 0 Å². The van der Waals surface area contributed by atoms with Crippen LogP contribution in [0.25, 0.3) is 0 Å². The normalized spacial score (nSPS) is 20.6. The standard InChI is InChI=1S/C18H27N3O3S/c22-18(19-9-6-12-20-10-1-2-11-20)16-7-5-8-17(15-16)21-13-3-4-14-25(21,23)24/h5,7-8,15H,1-4,6,9-14H2,(H,19,22). The van der Waals surface area contributed by atoms with Crippen LogP contribution in [-0.4, -0.2) is 57.7 Å². The third-order valence-electron chi connectivity index (χ3n) is 4.88. The monoisotopic (exact) mass is 365 g/mol. The zero-order chi connectivity index (χ0) is 17.7. The van der Waals surface area contributed by atoms with Gasteiger partial charge in [-0.1, -0.05) is 6.07 Å². The molecule has 6 nitrogen and oxygen atoms in total. The van der Waals surface area contributed by atoms with E-state index < -0.39 is 10.0 Å². The minimum Gasteiger partial charge on any atom is -0.352 e. The molecule has 0 bridgehead atoms. The Morgan fingerprint density at radius 2 is 1.84 bits per heavy atom. The molecule has 1 amide bonds. The first-order valence-electron chi connectivity index (χ1n) is 9.17. The fraction of sp³-hybridized carbons (Fsp3) is 0.611. The molecule has 2 aliphatic heterocycles. The molecule has 1 aromatic rings. The summed E-state index contributed by atoms with van der Waals surface area (Å²) in [7, 11) is -3.25. The van der Waals surface area contributed by atoms with Gasteiger partial charge in [0.2, 0.25) is 10.0 Å². The van der Waals surface area contributed by atoms with Crippen molar-refractivity contribution < 1.29 is 13.2 Å². The van der Waals surface area contributed by atoms with Crippen LogP contribution < -0.4 is 9.62 Å². The van der Waals surface area contributed by atoms with E-state index in [1.807, 2.05) is 0 Å². The number of sulfonamides is 1. The highest BCUT2D eigenvalue weighted by Gasteiger charge is 2.26. The first kappa shape index (κ1) is 18.2. The third-order valence-corrected chi connectivity index (χ3v) is 6.75. The molecule has 0 radical (unpaired) electrons. The smallest absolute Gasteiger partial charge is 0.251 e. The lowest BCUT2D eigenvalue weighted by Crippen LogP contribution is -2.38. The quantitative estimate of drug-likeness (QED) is 0.781. The van der Waals surface area contributed by atoms with Gasteiger partial charge in [-0.05, 0) is 69.9 Å². The Balaban J connectivity index is 1.56. The average molecular weight is 365 g/mol. The van der Waals surface area contributed by atoms with E-state index >= 15 is 0 Å². The van der Waals surface area contributed by atoms with Crippen molar-refractivity contribution >= 4 is 21.6 Å². The minimum atomic E-state index is -3.25. The number of likely N-dealkylation sites (tertiary alicyclic amines) is 1. The van der Waals surface area contributed by atoms with Crippen LogP contribution in [0.1, 0.15) is 42.5 Å². The van der Waals surface area contributed by atoms with Gasteiger partial charge in [0.1, 0.15) is 0 Å². The van der Waals surface area contributed by atoms with Gasteiger partial charge in [0, 0.05) is 18.7 Å². The van der Waals surface area contributed by atoms with Gasteiger partial charge >= 0.3 is 0 Å². The molecular formula is C18H27N3O3S. The van der Waals surface area contributed by atoms with Crippen molar-refractivity contribution in [1.82, 2.24) is 10.2 Å². The van der Waals surface area contributed by atoms with E-state index in [2.05, 4.69) is 10.2 Å². The molecule has 0 aromatic heterocycles. The largest absolute Gasteiger partial charge is 0.352 e. The van der Waals surface area contributed by atoms with Crippen LogP contribution in [0.5, 0.6) is 0 Å². The van der Waals surface area contributed by atoms with Gasteiger partial charge in [0.05, 0.1) is 11.4 Å². The number of nitrogens with one attached hydrogen (secondary N) is 1. The maximum Gasteiger partial charge on any atom is 0.251 e. The van der Waals surface area contributed by atoms with Gasteiger partial charge in [-0.25, -0.2) is 8.42 Å². The summed E-state index contributed by atoms with van der Waals surface area (Å²) >= 11 is 0. The number of hydrogen-bond acceptors (Lipinski definition) is 4. The third kappa shape index (κ3) is 4.73. The van der Waals surface area contributed by atoms with Crippen LogP contribution in [0, 0.1) is 0 Å². The molecule has 0 saturated carbocycles. The van der Waals surface area contributed by atoms with Gasteiger partial charge in [0.15, 0.2) is 0 Å². The number of anilines is 1. The number of carbonyl (C=O) groups is 1. The van der Waals surface area contributed by atoms with Crippen LogP contribution in [0.15, 0.2) is 24.3 Å². The zero-order valence-electron chi connectivity index (χ0n) is 14.6. The number of benzene rings is 1. The lowest BCUT2D eigenvalue weighted by atomic mass is 10.2. The Morgan fingerprint density at radius 3 is 2.60 bits per heavy atom. The van der Waals surface area contributed by atoms with Crippen molar-refractivity contribution in [3.63, 3.8) is 0 Å². The molecule has 1 aromatic carbocycles. The second-order valence-electron chi connectivity index (χ2n) is 6.80. The molecule has 25 heavy (non-hydrogen) atoms. The summed E-state index contributed by atoms with van der Waals surface area (Å²) in [5, 5.41) is 2.94. The highest BCUT2D eigenvalue weighted by atomic mass is 32.2. The van der Waals surface area contributed by atoms with Crippen LogP contribution >= 0.6 is 0 Å². The van der Waals surface area contributed by atoms with Crippen LogP contribution in [-0.2, 0) is 10.0 Å². The lowest BCUT2D eigenvalue weighted by Gasteiger charge is -2.28. The number of carbonyl (C=O) groups excluding carboxylic acids is 1. The fourth-order valence-corrected chi connectivity index (χ4v) is 5.13. The second-order valence-corrected chi connectivity index (χ2v) is 8.82. The average Bonchev–Trinajstić information content (AvgIpc) is 3.12. The summed E-state index contributed by atoms with van der Waals surface area (Å²) in [6.45, 7) is 4.48. The predicted molar refractivity (Wildman–Crippen MR) is 99.4 cm³/mol. The number of rotatable bonds is 6.